The Labute approximate surface area is 122 Å². The van der Waals surface area contributed by atoms with Gasteiger partial charge in [0.05, 0.1) is 25.6 Å². The number of nitrogens with zero attached hydrogens (tertiary/aromatic N) is 4. The lowest BCUT2D eigenvalue weighted by atomic mass is 10.2. The van der Waals surface area contributed by atoms with Crippen LogP contribution in [0.25, 0.3) is 11.2 Å². The molecule has 1 saturated carbocycles. The fourth-order valence-electron chi connectivity index (χ4n) is 2.66. The average Bonchev–Trinajstić information content (AvgIpc) is 3.21. The molecule has 2 aliphatic rings. The number of ether oxygens (including phenoxy) is 2. The maximum atomic E-state index is 5.79. The quantitative estimate of drug-likeness (QED) is 0.884. The second-order valence-electron chi connectivity index (χ2n) is 5.72. The highest BCUT2D eigenvalue weighted by Crippen LogP contribution is 2.29. The third-order valence-electron chi connectivity index (χ3n) is 4.00. The molecule has 4 rings (SSSR count). The number of rotatable bonds is 5. The van der Waals surface area contributed by atoms with Gasteiger partial charge in [0, 0.05) is 19.7 Å². The first-order chi connectivity index (χ1) is 10.4. The molecule has 0 spiro atoms. The fourth-order valence-corrected chi connectivity index (χ4v) is 2.66. The number of aromatic nitrogens is 4. The first-order valence-corrected chi connectivity index (χ1v) is 7.48. The largest absolute Gasteiger partial charge is 0.378 e. The summed E-state index contributed by atoms with van der Waals surface area (Å²) < 4.78 is 11.5. The summed E-state index contributed by atoms with van der Waals surface area (Å²) in [6.07, 6.45) is 5.95. The number of hydrogen-bond acceptors (Lipinski definition) is 6. The molecule has 7 nitrogen and oxygen atoms in total. The summed E-state index contributed by atoms with van der Waals surface area (Å²) >= 11 is 0. The molecule has 0 amide bonds. The van der Waals surface area contributed by atoms with Gasteiger partial charge < -0.3 is 19.4 Å². The van der Waals surface area contributed by atoms with Crippen LogP contribution in [0.5, 0.6) is 0 Å². The predicted octanol–water partition coefficient (Wildman–Crippen LogP) is 0.985. The molecule has 0 bridgehead atoms. The van der Waals surface area contributed by atoms with Crippen molar-refractivity contribution in [2.24, 2.45) is 5.92 Å². The summed E-state index contributed by atoms with van der Waals surface area (Å²) in [7, 11) is 0. The van der Waals surface area contributed by atoms with Crippen molar-refractivity contribution < 1.29 is 9.47 Å². The molecule has 2 fully saturated rings. The SMILES string of the molecule is c1nc(N2CCOC(COCC3CC3)C2)c2[nH]cnc2n1. The number of hydrogen-bond donors (Lipinski definition) is 1. The Kier molecular flexibility index (Phi) is 3.44. The molecule has 1 aliphatic carbocycles. The Morgan fingerprint density at radius 3 is 3.14 bits per heavy atom. The number of morpholine rings is 1. The molecule has 2 aromatic heterocycles. The zero-order valence-corrected chi connectivity index (χ0v) is 11.9. The second kappa shape index (κ2) is 5.57. The molecule has 21 heavy (non-hydrogen) atoms. The molecule has 0 radical (unpaired) electrons. The van der Waals surface area contributed by atoms with Gasteiger partial charge in [0.2, 0.25) is 0 Å². The van der Waals surface area contributed by atoms with Crippen LogP contribution in [0.1, 0.15) is 12.8 Å². The predicted molar refractivity (Wildman–Crippen MR) is 77.2 cm³/mol. The van der Waals surface area contributed by atoms with Crippen molar-refractivity contribution >= 4 is 17.0 Å². The van der Waals surface area contributed by atoms with Gasteiger partial charge in [-0.25, -0.2) is 15.0 Å². The Morgan fingerprint density at radius 1 is 1.29 bits per heavy atom. The van der Waals surface area contributed by atoms with Gasteiger partial charge >= 0.3 is 0 Å². The van der Waals surface area contributed by atoms with Crippen LogP contribution in [-0.2, 0) is 9.47 Å². The van der Waals surface area contributed by atoms with E-state index in [1.165, 1.54) is 12.8 Å². The third kappa shape index (κ3) is 2.84. The maximum absolute atomic E-state index is 5.79. The minimum Gasteiger partial charge on any atom is -0.378 e. The van der Waals surface area contributed by atoms with Crippen molar-refractivity contribution in [3.63, 3.8) is 0 Å². The highest BCUT2D eigenvalue weighted by Gasteiger charge is 2.25. The minimum absolute atomic E-state index is 0.102. The Balaban J connectivity index is 1.43. The summed E-state index contributed by atoms with van der Waals surface area (Å²) in [6.45, 7) is 3.83. The lowest BCUT2D eigenvalue weighted by molar-refractivity contribution is -0.0258. The summed E-state index contributed by atoms with van der Waals surface area (Å²) in [5.74, 6) is 1.68. The van der Waals surface area contributed by atoms with E-state index in [0.717, 1.165) is 36.9 Å². The van der Waals surface area contributed by atoms with Crippen LogP contribution in [0.3, 0.4) is 0 Å². The van der Waals surface area contributed by atoms with Gasteiger partial charge in [0.15, 0.2) is 11.5 Å². The third-order valence-corrected chi connectivity index (χ3v) is 4.00. The van der Waals surface area contributed by atoms with E-state index in [9.17, 15) is 0 Å². The van der Waals surface area contributed by atoms with Crippen LogP contribution in [0.4, 0.5) is 5.82 Å². The zero-order chi connectivity index (χ0) is 14.1. The first-order valence-electron chi connectivity index (χ1n) is 7.48. The Morgan fingerprint density at radius 2 is 2.24 bits per heavy atom. The van der Waals surface area contributed by atoms with Gasteiger partial charge in [0.25, 0.3) is 0 Å². The van der Waals surface area contributed by atoms with Crippen LogP contribution in [0.15, 0.2) is 12.7 Å². The molecular weight excluding hydrogens is 270 g/mol. The summed E-state index contributed by atoms with van der Waals surface area (Å²) in [5.41, 5.74) is 1.59. The molecular formula is C14H19N5O2. The zero-order valence-electron chi connectivity index (χ0n) is 11.9. The molecule has 7 heteroatoms. The van der Waals surface area contributed by atoms with Crippen LogP contribution in [0, 0.1) is 5.92 Å². The summed E-state index contributed by atoms with van der Waals surface area (Å²) in [4.78, 5) is 18.1. The summed E-state index contributed by atoms with van der Waals surface area (Å²) in [6, 6.07) is 0. The second-order valence-corrected chi connectivity index (χ2v) is 5.72. The van der Waals surface area contributed by atoms with Crippen LogP contribution >= 0.6 is 0 Å². The maximum Gasteiger partial charge on any atom is 0.182 e. The van der Waals surface area contributed by atoms with Gasteiger partial charge in [-0.1, -0.05) is 0 Å². The van der Waals surface area contributed by atoms with Crippen molar-refractivity contribution in [1.82, 2.24) is 19.9 Å². The molecule has 0 aromatic carbocycles. The van der Waals surface area contributed by atoms with Crippen molar-refractivity contribution in [1.29, 1.82) is 0 Å². The van der Waals surface area contributed by atoms with Crippen LogP contribution in [-0.4, -0.2) is 59.0 Å². The van der Waals surface area contributed by atoms with E-state index < -0.39 is 0 Å². The monoisotopic (exact) mass is 289 g/mol. The van der Waals surface area contributed by atoms with E-state index in [-0.39, 0.29) is 6.10 Å². The van der Waals surface area contributed by atoms with Crippen molar-refractivity contribution in [3.05, 3.63) is 12.7 Å². The number of H-pyrrole nitrogens is 1. The number of anilines is 1. The molecule has 3 heterocycles. The van der Waals surface area contributed by atoms with E-state index in [4.69, 9.17) is 9.47 Å². The number of fused-ring (bicyclic) bond motifs is 1. The Bertz CT molecular complexity index is 612. The number of aromatic amines is 1. The number of imidazole rings is 1. The highest BCUT2D eigenvalue weighted by molar-refractivity contribution is 5.82. The van der Waals surface area contributed by atoms with Gasteiger partial charge in [0.1, 0.15) is 11.8 Å². The first kappa shape index (κ1) is 13.0. The van der Waals surface area contributed by atoms with Crippen LogP contribution in [0.2, 0.25) is 0 Å². The molecule has 1 saturated heterocycles. The lowest BCUT2D eigenvalue weighted by Gasteiger charge is -2.33. The molecule has 1 N–H and O–H groups in total. The van der Waals surface area contributed by atoms with Crippen molar-refractivity contribution in [2.75, 3.05) is 37.8 Å². The molecule has 1 aliphatic heterocycles. The van der Waals surface area contributed by atoms with Crippen molar-refractivity contribution in [3.8, 4) is 0 Å². The summed E-state index contributed by atoms with van der Waals surface area (Å²) in [5, 5.41) is 0. The van der Waals surface area contributed by atoms with Gasteiger partial charge in [-0.3, -0.25) is 0 Å². The standard InChI is InChI=1S/C14H19N5O2/c1-2-10(1)6-20-7-11-5-19(3-4-21-11)14-12-13(16-8-15-12)17-9-18-14/h8-11H,1-7H2,(H,15,16,17,18). The minimum atomic E-state index is 0.102. The topological polar surface area (TPSA) is 76.2 Å². The molecule has 2 aromatic rings. The van der Waals surface area contributed by atoms with Gasteiger partial charge in [-0.05, 0) is 18.8 Å². The lowest BCUT2D eigenvalue weighted by Crippen LogP contribution is -2.45. The highest BCUT2D eigenvalue weighted by atomic mass is 16.5. The van der Waals surface area contributed by atoms with E-state index in [2.05, 4.69) is 24.8 Å². The van der Waals surface area contributed by atoms with E-state index >= 15 is 0 Å². The van der Waals surface area contributed by atoms with Gasteiger partial charge in [-0.15, -0.1) is 0 Å². The van der Waals surface area contributed by atoms with Gasteiger partial charge in [-0.2, -0.15) is 0 Å². The average molecular weight is 289 g/mol. The molecule has 1 atom stereocenters. The smallest absolute Gasteiger partial charge is 0.182 e. The normalized spacial score (nSPS) is 22.9. The fraction of sp³-hybridized carbons (Fsp3) is 0.643. The molecule has 1 unspecified atom stereocenters. The Hall–Kier alpha value is -1.73. The van der Waals surface area contributed by atoms with E-state index in [1.807, 2.05) is 0 Å². The molecule has 112 valence electrons. The van der Waals surface area contributed by atoms with E-state index in [0.29, 0.717) is 18.9 Å². The van der Waals surface area contributed by atoms with Crippen LogP contribution < -0.4 is 4.90 Å². The number of nitrogens with one attached hydrogen (secondary N) is 1. The van der Waals surface area contributed by atoms with E-state index in [1.54, 1.807) is 12.7 Å². The van der Waals surface area contributed by atoms with Crippen molar-refractivity contribution in [2.45, 2.75) is 18.9 Å².